The van der Waals surface area contributed by atoms with E-state index in [1.165, 1.54) is 5.56 Å². The summed E-state index contributed by atoms with van der Waals surface area (Å²) in [5, 5.41) is 9.46. The minimum absolute atomic E-state index is 0.190. The van der Waals surface area contributed by atoms with Crippen LogP contribution < -0.4 is 5.73 Å². The molecule has 25 heavy (non-hydrogen) atoms. The molecule has 134 valence electrons. The molecule has 6 nitrogen and oxygen atoms in total. The van der Waals surface area contributed by atoms with Gasteiger partial charge in [-0.1, -0.05) is 39.8 Å². The van der Waals surface area contributed by atoms with Crippen molar-refractivity contribution in [2.24, 2.45) is 5.73 Å². The SMILES string of the molecule is NC(=O)CCc1nnc(SCc2ccc(Br)cc2)n1CC1CCCO1. The summed E-state index contributed by atoms with van der Waals surface area (Å²) in [5.74, 6) is 1.29. The Bertz CT molecular complexity index is 714. The van der Waals surface area contributed by atoms with Crippen molar-refractivity contribution < 1.29 is 9.53 Å². The average Bonchev–Trinajstić information content (AvgIpc) is 3.23. The molecule has 0 aliphatic carbocycles. The molecule has 8 heteroatoms. The molecule has 1 aliphatic rings. The molecule has 0 spiro atoms. The number of ether oxygens (including phenoxy) is 1. The Kier molecular flexibility index (Phi) is 6.50. The highest BCUT2D eigenvalue weighted by molar-refractivity contribution is 9.10. The second-order valence-electron chi connectivity index (χ2n) is 6.03. The zero-order valence-electron chi connectivity index (χ0n) is 13.9. The fourth-order valence-electron chi connectivity index (χ4n) is 2.75. The lowest BCUT2D eigenvalue weighted by Crippen LogP contribution is -2.19. The molecule has 1 aromatic carbocycles. The van der Waals surface area contributed by atoms with E-state index >= 15 is 0 Å². The van der Waals surface area contributed by atoms with Gasteiger partial charge >= 0.3 is 0 Å². The van der Waals surface area contributed by atoms with Crippen LogP contribution in [-0.4, -0.2) is 33.4 Å². The summed E-state index contributed by atoms with van der Waals surface area (Å²) >= 11 is 5.10. The van der Waals surface area contributed by atoms with E-state index in [9.17, 15) is 4.79 Å². The Morgan fingerprint density at radius 3 is 2.84 bits per heavy atom. The normalized spacial score (nSPS) is 17.1. The van der Waals surface area contributed by atoms with Gasteiger partial charge < -0.3 is 15.0 Å². The number of carbonyl (C=O) groups is 1. The summed E-state index contributed by atoms with van der Waals surface area (Å²) in [6, 6.07) is 8.24. The average molecular weight is 425 g/mol. The Morgan fingerprint density at radius 1 is 1.36 bits per heavy atom. The predicted octanol–water partition coefficient (Wildman–Crippen LogP) is 2.93. The maximum Gasteiger partial charge on any atom is 0.217 e. The molecule has 0 saturated carbocycles. The molecule has 0 bridgehead atoms. The first-order valence-electron chi connectivity index (χ1n) is 8.31. The van der Waals surface area contributed by atoms with E-state index in [4.69, 9.17) is 10.5 Å². The monoisotopic (exact) mass is 424 g/mol. The molecule has 1 fully saturated rings. The third-order valence-electron chi connectivity index (χ3n) is 4.08. The lowest BCUT2D eigenvalue weighted by Gasteiger charge is -2.14. The van der Waals surface area contributed by atoms with Gasteiger partial charge in [-0.05, 0) is 30.5 Å². The molecule has 1 aliphatic heterocycles. The summed E-state index contributed by atoms with van der Waals surface area (Å²) in [5.41, 5.74) is 6.50. The molecular formula is C17H21BrN4O2S. The standard InChI is InChI=1S/C17H21BrN4O2S/c18-13-5-3-12(4-6-13)11-25-17-21-20-16(8-7-15(19)23)22(17)10-14-2-1-9-24-14/h3-6,14H,1-2,7-11H2,(H2,19,23). The maximum absolute atomic E-state index is 11.1. The molecule has 2 aromatic rings. The van der Waals surface area contributed by atoms with Gasteiger partial charge in [-0.2, -0.15) is 0 Å². The van der Waals surface area contributed by atoms with Gasteiger partial charge in [0.1, 0.15) is 5.82 Å². The van der Waals surface area contributed by atoms with E-state index in [0.29, 0.717) is 6.42 Å². The first-order valence-corrected chi connectivity index (χ1v) is 10.1. The summed E-state index contributed by atoms with van der Waals surface area (Å²) in [6.07, 6.45) is 3.11. The first-order chi connectivity index (χ1) is 12.1. The molecule has 0 radical (unpaired) electrons. The van der Waals surface area contributed by atoms with Gasteiger partial charge in [-0.25, -0.2) is 0 Å². The van der Waals surface area contributed by atoms with Crippen molar-refractivity contribution in [2.45, 2.75) is 49.2 Å². The number of hydrogen-bond acceptors (Lipinski definition) is 5. The molecule has 3 rings (SSSR count). The fourth-order valence-corrected chi connectivity index (χ4v) is 3.94. The quantitative estimate of drug-likeness (QED) is 0.658. The van der Waals surface area contributed by atoms with Crippen molar-refractivity contribution in [1.29, 1.82) is 0 Å². The highest BCUT2D eigenvalue weighted by Gasteiger charge is 2.21. The van der Waals surface area contributed by atoms with E-state index in [0.717, 1.165) is 47.2 Å². The summed E-state index contributed by atoms with van der Waals surface area (Å²) in [7, 11) is 0. The number of benzene rings is 1. The molecule has 1 unspecified atom stereocenters. The Labute approximate surface area is 159 Å². The van der Waals surface area contributed by atoms with E-state index in [1.54, 1.807) is 11.8 Å². The first kappa shape index (κ1) is 18.4. The van der Waals surface area contributed by atoms with Crippen molar-refractivity contribution in [3.05, 3.63) is 40.1 Å². The number of primary amides is 1. The minimum atomic E-state index is -0.323. The number of rotatable bonds is 8. The van der Waals surface area contributed by atoms with Crippen LogP contribution in [0.4, 0.5) is 0 Å². The van der Waals surface area contributed by atoms with Gasteiger partial charge in [0, 0.05) is 29.7 Å². The molecular weight excluding hydrogens is 404 g/mol. The van der Waals surface area contributed by atoms with Gasteiger partial charge in [-0.15, -0.1) is 10.2 Å². The lowest BCUT2D eigenvalue weighted by atomic mass is 10.2. The van der Waals surface area contributed by atoms with E-state index in [1.807, 2.05) is 12.1 Å². The largest absolute Gasteiger partial charge is 0.376 e. The number of hydrogen-bond donors (Lipinski definition) is 1. The molecule has 1 aromatic heterocycles. The van der Waals surface area contributed by atoms with Crippen LogP contribution in [0.15, 0.2) is 33.9 Å². The van der Waals surface area contributed by atoms with Crippen LogP contribution in [0.2, 0.25) is 0 Å². The van der Waals surface area contributed by atoms with Crippen LogP contribution >= 0.6 is 27.7 Å². The van der Waals surface area contributed by atoms with Crippen molar-refractivity contribution in [1.82, 2.24) is 14.8 Å². The van der Waals surface area contributed by atoms with Gasteiger partial charge in [0.05, 0.1) is 12.6 Å². The third kappa shape index (κ3) is 5.29. The number of halogens is 1. The Morgan fingerprint density at radius 2 is 2.16 bits per heavy atom. The van der Waals surface area contributed by atoms with Crippen LogP contribution in [0.3, 0.4) is 0 Å². The van der Waals surface area contributed by atoms with Crippen molar-refractivity contribution in [3.63, 3.8) is 0 Å². The number of aromatic nitrogens is 3. The number of aryl methyl sites for hydroxylation is 1. The minimum Gasteiger partial charge on any atom is -0.376 e. The molecule has 1 amide bonds. The number of thioether (sulfide) groups is 1. The van der Waals surface area contributed by atoms with E-state index < -0.39 is 0 Å². The van der Waals surface area contributed by atoms with Crippen molar-refractivity contribution >= 4 is 33.6 Å². The highest BCUT2D eigenvalue weighted by atomic mass is 79.9. The van der Waals surface area contributed by atoms with E-state index in [-0.39, 0.29) is 18.4 Å². The Balaban J connectivity index is 1.71. The number of nitrogens with zero attached hydrogens (tertiary/aromatic N) is 3. The smallest absolute Gasteiger partial charge is 0.217 e. The third-order valence-corrected chi connectivity index (χ3v) is 5.65. The molecule has 1 atom stereocenters. The molecule has 1 saturated heterocycles. The van der Waals surface area contributed by atoms with Crippen LogP contribution in [-0.2, 0) is 28.2 Å². The van der Waals surface area contributed by atoms with Crippen molar-refractivity contribution in [2.75, 3.05) is 6.61 Å². The number of nitrogens with two attached hydrogens (primary N) is 1. The number of carbonyl (C=O) groups excluding carboxylic acids is 1. The van der Waals surface area contributed by atoms with Crippen molar-refractivity contribution in [3.8, 4) is 0 Å². The fraction of sp³-hybridized carbons (Fsp3) is 0.471. The second kappa shape index (κ2) is 8.82. The zero-order valence-corrected chi connectivity index (χ0v) is 16.3. The van der Waals surface area contributed by atoms with Crippen LogP contribution in [0.5, 0.6) is 0 Å². The number of amides is 1. The van der Waals surface area contributed by atoms with Crippen LogP contribution in [0, 0.1) is 0 Å². The van der Waals surface area contributed by atoms with E-state index in [2.05, 4.69) is 42.8 Å². The summed E-state index contributed by atoms with van der Waals surface area (Å²) in [4.78, 5) is 11.1. The zero-order chi connectivity index (χ0) is 17.6. The van der Waals surface area contributed by atoms with Gasteiger partial charge in [0.2, 0.25) is 5.91 Å². The van der Waals surface area contributed by atoms with Gasteiger partial charge in [-0.3, -0.25) is 4.79 Å². The maximum atomic E-state index is 11.1. The summed E-state index contributed by atoms with van der Waals surface area (Å²) in [6.45, 7) is 1.54. The van der Waals surface area contributed by atoms with Gasteiger partial charge in [0.25, 0.3) is 0 Å². The second-order valence-corrected chi connectivity index (χ2v) is 7.88. The summed E-state index contributed by atoms with van der Waals surface area (Å²) < 4.78 is 8.91. The lowest BCUT2D eigenvalue weighted by molar-refractivity contribution is -0.118. The predicted molar refractivity (Wildman–Crippen MR) is 100 cm³/mol. The molecule has 2 N–H and O–H groups in total. The van der Waals surface area contributed by atoms with Crippen LogP contribution in [0.1, 0.15) is 30.7 Å². The topological polar surface area (TPSA) is 83.0 Å². The van der Waals surface area contributed by atoms with Gasteiger partial charge in [0.15, 0.2) is 5.16 Å². The highest BCUT2D eigenvalue weighted by Crippen LogP contribution is 2.25. The molecule has 2 heterocycles. The van der Waals surface area contributed by atoms with Crippen LogP contribution in [0.25, 0.3) is 0 Å². The Hall–Kier alpha value is -1.38.